The van der Waals surface area contributed by atoms with E-state index >= 15 is 0 Å². The summed E-state index contributed by atoms with van der Waals surface area (Å²) >= 11 is 2.74. The second kappa shape index (κ2) is 14.6. The highest BCUT2D eigenvalue weighted by molar-refractivity contribution is 8.00. The van der Waals surface area contributed by atoms with E-state index in [9.17, 15) is 18.8 Å². The number of rotatable bonds is 10. The first kappa shape index (κ1) is 31.4. The van der Waals surface area contributed by atoms with E-state index in [-0.39, 0.29) is 17.4 Å². The fraction of sp³-hybridized carbons (Fsp3) is 0.0857. The van der Waals surface area contributed by atoms with Crippen LogP contribution < -0.4 is 16.0 Å². The number of aryl methyl sites for hydroxylation is 2. The van der Waals surface area contributed by atoms with E-state index in [0.29, 0.717) is 21.9 Å². The van der Waals surface area contributed by atoms with Crippen molar-refractivity contribution >= 4 is 57.7 Å². The Morgan fingerprint density at radius 1 is 0.867 bits per heavy atom. The first-order chi connectivity index (χ1) is 21.7. The number of anilines is 2. The van der Waals surface area contributed by atoms with Gasteiger partial charge in [0.2, 0.25) is 5.91 Å². The number of nitrogens with one attached hydrogen (secondary N) is 3. The van der Waals surface area contributed by atoms with Crippen LogP contribution in [-0.4, -0.2) is 28.5 Å². The molecule has 0 saturated carbocycles. The topological polar surface area (TPSA) is 100 Å². The van der Waals surface area contributed by atoms with Gasteiger partial charge in [-0.25, -0.2) is 9.37 Å². The maximum Gasteiger partial charge on any atom is 0.272 e. The standard InChI is InChI=1S/C35H29FN4O3S2/c1-22-11-15-25(16-12-22)32-23(2)45-35(40-32)39-31(41)21-44-29-10-6-9-28(20-29)37-34(43)30(19-24-13-17-27(36)18-14-24)38-33(42)26-7-4-3-5-8-26/h3-20H,21H2,1-2H3,(H,37,43)(H,38,42)(H,39,40,41)/b30-19-. The molecule has 1 heterocycles. The highest BCUT2D eigenvalue weighted by Crippen LogP contribution is 2.31. The lowest BCUT2D eigenvalue weighted by Crippen LogP contribution is -2.30. The Kier molecular flexibility index (Phi) is 10.2. The predicted octanol–water partition coefficient (Wildman–Crippen LogP) is 7.71. The lowest BCUT2D eigenvalue weighted by atomic mass is 10.1. The summed E-state index contributed by atoms with van der Waals surface area (Å²) < 4.78 is 13.5. The molecule has 3 N–H and O–H groups in total. The molecule has 0 saturated heterocycles. The number of halogens is 1. The van der Waals surface area contributed by atoms with Gasteiger partial charge >= 0.3 is 0 Å². The molecule has 0 unspecified atom stereocenters. The number of carbonyl (C=O) groups is 3. The van der Waals surface area contributed by atoms with Crippen LogP contribution in [0.2, 0.25) is 0 Å². The van der Waals surface area contributed by atoms with Crippen molar-refractivity contribution in [2.75, 3.05) is 16.4 Å². The van der Waals surface area contributed by atoms with Gasteiger partial charge in [0.05, 0.1) is 11.4 Å². The molecule has 45 heavy (non-hydrogen) atoms. The molecule has 0 aliphatic carbocycles. The van der Waals surface area contributed by atoms with E-state index < -0.39 is 17.6 Å². The summed E-state index contributed by atoms with van der Waals surface area (Å²) in [6, 6.07) is 29.2. The van der Waals surface area contributed by atoms with Gasteiger partial charge in [0.25, 0.3) is 11.8 Å². The number of hydrogen-bond donors (Lipinski definition) is 3. The molecule has 10 heteroatoms. The van der Waals surface area contributed by atoms with Crippen LogP contribution in [0.15, 0.2) is 114 Å². The highest BCUT2D eigenvalue weighted by atomic mass is 32.2. The molecular weight excluding hydrogens is 608 g/mol. The molecule has 0 atom stereocenters. The van der Waals surface area contributed by atoms with Gasteiger partial charge in [-0.1, -0.05) is 66.2 Å². The first-order valence-electron chi connectivity index (χ1n) is 14.0. The van der Waals surface area contributed by atoms with E-state index in [1.165, 1.54) is 53.4 Å². The fourth-order valence-corrected chi connectivity index (χ4v) is 5.87. The van der Waals surface area contributed by atoms with Gasteiger partial charge in [-0.2, -0.15) is 0 Å². The molecule has 0 aliphatic rings. The smallest absolute Gasteiger partial charge is 0.272 e. The summed E-state index contributed by atoms with van der Waals surface area (Å²) in [6.07, 6.45) is 1.48. The Bertz CT molecular complexity index is 1850. The van der Waals surface area contributed by atoms with Crippen molar-refractivity contribution in [1.82, 2.24) is 10.3 Å². The number of thiazole rings is 1. The van der Waals surface area contributed by atoms with Crippen LogP contribution in [0.1, 0.15) is 26.4 Å². The summed E-state index contributed by atoms with van der Waals surface area (Å²) in [5.41, 5.74) is 4.38. The van der Waals surface area contributed by atoms with Gasteiger partial charge in [-0.3, -0.25) is 14.4 Å². The molecule has 1 aromatic heterocycles. The Morgan fingerprint density at radius 3 is 2.33 bits per heavy atom. The van der Waals surface area contributed by atoms with E-state index in [2.05, 4.69) is 20.9 Å². The third-order valence-electron chi connectivity index (χ3n) is 6.54. The average Bonchev–Trinajstić information content (AvgIpc) is 3.41. The van der Waals surface area contributed by atoms with E-state index in [1.807, 2.05) is 44.2 Å². The second-order valence-corrected chi connectivity index (χ2v) is 12.3. The zero-order valence-electron chi connectivity index (χ0n) is 24.5. The third kappa shape index (κ3) is 8.75. The van der Waals surface area contributed by atoms with Crippen molar-refractivity contribution in [1.29, 1.82) is 0 Å². The maximum absolute atomic E-state index is 13.5. The molecular formula is C35H29FN4O3S2. The van der Waals surface area contributed by atoms with Crippen LogP contribution in [0.4, 0.5) is 15.2 Å². The Labute approximate surface area is 268 Å². The fourth-order valence-electron chi connectivity index (χ4n) is 4.26. The maximum atomic E-state index is 13.5. The van der Waals surface area contributed by atoms with E-state index in [4.69, 9.17) is 0 Å². The molecule has 5 rings (SSSR count). The van der Waals surface area contributed by atoms with Crippen LogP contribution in [0.5, 0.6) is 0 Å². The quantitative estimate of drug-likeness (QED) is 0.108. The predicted molar refractivity (Wildman–Crippen MR) is 180 cm³/mol. The number of aromatic nitrogens is 1. The monoisotopic (exact) mass is 636 g/mol. The largest absolute Gasteiger partial charge is 0.321 e. The lowest BCUT2D eigenvalue weighted by molar-refractivity contribution is -0.114. The number of thioether (sulfide) groups is 1. The Morgan fingerprint density at radius 2 is 1.60 bits per heavy atom. The summed E-state index contributed by atoms with van der Waals surface area (Å²) in [5.74, 6) is -1.50. The molecule has 0 radical (unpaired) electrons. The number of carbonyl (C=O) groups excluding carboxylic acids is 3. The number of benzene rings is 4. The molecule has 0 spiro atoms. The van der Waals surface area contributed by atoms with Gasteiger partial charge in [0, 0.05) is 26.6 Å². The average molecular weight is 637 g/mol. The zero-order valence-corrected chi connectivity index (χ0v) is 26.1. The summed E-state index contributed by atoms with van der Waals surface area (Å²) in [4.78, 5) is 45.3. The van der Waals surface area contributed by atoms with Gasteiger partial charge in [-0.15, -0.1) is 23.1 Å². The summed E-state index contributed by atoms with van der Waals surface area (Å²) in [5, 5.41) is 8.89. The number of hydrogen-bond acceptors (Lipinski definition) is 6. The van der Waals surface area contributed by atoms with E-state index in [0.717, 1.165) is 26.6 Å². The van der Waals surface area contributed by atoms with Crippen LogP contribution in [0.3, 0.4) is 0 Å². The molecule has 4 aromatic carbocycles. The molecule has 0 aliphatic heterocycles. The van der Waals surface area contributed by atoms with Gasteiger partial charge < -0.3 is 16.0 Å². The molecule has 0 fully saturated rings. The van der Waals surface area contributed by atoms with Gasteiger partial charge in [-0.05, 0) is 68.0 Å². The highest BCUT2D eigenvalue weighted by Gasteiger charge is 2.16. The Hall–Kier alpha value is -5.06. The summed E-state index contributed by atoms with van der Waals surface area (Å²) in [7, 11) is 0. The molecule has 0 bridgehead atoms. The van der Waals surface area contributed by atoms with Crippen molar-refractivity contribution in [3.8, 4) is 11.3 Å². The van der Waals surface area contributed by atoms with Gasteiger partial charge in [0.15, 0.2) is 5.13 Å². The minimum absolute atomic E-state index is 0.0170. The third-order valence-corrected chi connectivity index (χ3v) is 8.42. The van der Waals surface area contributed by atoms with Crippen LogP contribution in [-0.2, 0) is 9.59 Å². The minimum Gasteiger partial charge on any atom is -0.321 e. The molecule has 5 aromatic rings. The Balaban J connectivity index is 1.23. The van der Waals surface area contributed by atoms with Crippen LogP contribution >= 0.6 is 23.1 Å². The lowest BCUT2D eigenvalue weighted by Gasteiger charge is -2.12. The van der Waals surface area contributed by atoms with Crippen molar-refractivity contribution in [3.05, 3.63) is 136 Å². The molecule has 3 amide bonds. The van der Waals surface area contributed by atoms with Crippen molar-refractivity contribution in [3.63, 3.8) is 0 Å². The van der Waals surface area contributed by atoms with Crippen molar-refractivity contribution < 1.29 is 18.8 Å². The van der Waals surface area contributed by atoms with Crippen LogP contribution in [0.25, 0.3) is 17.3 Å². The number of nitrogens with zero attached hydrogens (tertiary/aromatic N) is 1. The SMILES string of the molecule is Cc1ccc(-c2nc(NC(=O)CSc3cccc(NC(=O)/C(=C/c4ccc(F)cc4)NC(=O)c4ccccc4)c3)sc2C)cc1. The second-order valence-electron chi connectivity index (χ2n) is 10.0. The van der Waals surface area contributed by atoms with Crippen LogP contribution in [0, 0.1) is 19.7 Å². The normalized spacial score (nSPS) is 11.1. The van der Waals surface area contributed by atoms with Crippen molar-refractivity contribution in [2.45, 2.75) is 18.7 Å². The number of amides is 3. The summed E-state index contributed by atoms with van der Waals surface area (Å²) in [6.45, 7) is 4.01. The van der Waals surface area contributed by atoms with E-state index in [1.54, 1.807) is 48.5 Å². The molecule has 7 nitrogen and oxygen atoms in total. The first-order valence-corrected chi connectivity index (χ1v) is 15.8. The van der Waals surface area contributed by atoms with Gasteiger partial charge in [0.1, 0.15) is 11.5 Å². The zero-order chi connectivity index (χ0) is 31.8. The minimum atomic E-state index is -0.563. The molecule has 226 valence electrons. The van der Waals surface area contributed by atoms with Crippen molar-refractivity contribution in [2.24, 2.45) is 0 Å².